The average molecular weight is 235 g/mol. The van der Waals surface area contributed by atoms with E-state index in [1.54, 1.807) is 0 Å². The maximum absolute atomic E-state index is 12.8. The van der Waals surface area contributed by atoms with Gasteiger partial charge in [0, 0.05) is 6.04 Å². The average Bonchev–Trinajstić information content (AvgIpc) is 2.87. The molecular formula is C15H22FN. The van der Waals surface area contributed by atoms with E-state index < -0.39 is 0 Å². The summed E-state index contributed by atoms with van der Waals surface area (Å²) in [4.78, 5) is 0. The molecule has 0 aromatic heterocycles. The standard InChI is InChI=1S/C15H22FN/c1-11(17-10-13-9-15(13,2)3)8-12-4-6-14(16)7-5-12/h4-7,11,13,17H,8-10H2,1-3H3. The van der Waals surface area contributed by atoms with Gasteiger partial charge < -0.3 is 5.32 Å². The van der Waals surface area contributed by atoms with Gasteiger partial charge >= 0.3 is 0 Å². The quantitative estimate of drug-likeness (QED) is 0.825. The molecule has 94 valence electrons. The van der Waals surface area contributed by atoms with Crippen LogP contribution in [-0.2, 0) is 6.42 Å². The van der Waals surface area contributed by atoms with Crippen molar-refractivity contribution in [2.75, 3.05) is 6.54 Å². The SMILES string of the molecule is CC(Cc1ccc(F)cc1)NCC1CC1(C)C. The Labute approximate surface area is 103 Å². The van der Waals surface area contributed by atoms with E-state index in [1.807, 2.05) is 12.1 Å². The van der Waals surface area contributed by atoms with Crippen molar-refractivity contribution in [3.8, 4) is 0 Å². The van der Waals surface area contributed by atoms with Crippen molar-refractivity contribution in [1.29, 1.82) is 0 Å². The van der Waals surface area contributed by atoms with E-state index in [-0.39, 0.29) is 5.82 Å². The number of nitrogens with one attached hydrogen (secondary N) is 1. The molecule has 0 radical (unpaired) electrons. The fourth-order valence-electron chi connectivity index (χ4n) is 2.31. The summed E-state index contributed by atoms with van der Waals surface area (Å²) in [6.07, 6.45) is 2.30. The molecule has 0 spiro atoms. The van der Waals surface area contributed by atoms with Crippen molar-refractivity contribution in [3.05, 3.63) is 35.6 Å². The van der Waals surface area contributed by atoms with Gasteiger partial charge in [-0.25, -0.2) is 4.39 Å². The lowest BCUT2D eigenvalue weighted by atomic mass is 10.1. The zero-order valence-corrected chi connectivity index (χ0v) is 11.0. The first-order chi connectivity index (χ1) is 7.97. The van der Waals surface area contributed by atoms with Crippen LogP contribution in [0.5, 0.6) is 0 Å². The summed E-state index contributed by atoms with van der Waals surface area (Å²) in [7, 11) is 0. The Morgan fingerprint density at radius 2 is 1.94 bits per heavy atom. The highest BCUT2D eigenvalue weighted by Crippen LogP contribution is 2.51. The highest BCUT2D eigenvalue weighted by atomic mass is 19.1. The summed E-state index contributed by atoms with van der Waals surface area (Å²) in [6, 6.07) is 7.26. The minimum atomic E-state index is -0.158. The number of rotatable bonds is 5. The lowest BCUT2D eigenvalue weighted by Gasteiger charge is -2.14. The maximum atomic E-state index is 12.8. The Morgan fingerprint density at radius 3 is 2.47 bits per heavy atom. The van der Waals surface area contributed by atoms with Gasteiger partial charge in [0.15, 0.2) is 0 Å². The lowest BCUT2D eigenvalue weighted by Crippen LogP contribution is -2.30. The second-order valence-electron chi connectivity index (χ2n) is 6.03. The Hall–Kier alpha value is -0.890. The minimum absolute atomic E-state index is 0.158. The predicted octanol–water partition coefficient (Wildman–Crippen LogP) is 3.39. The number of hydrogen-bond acceptors (Lipinski definition) is 1. The molecule has 2 atom stereocenters. The third kappa shape index (κ3) is 3.53. The largest absolute Gasteiger partial charge is 0.314 e. The molecular weight excluding hydrogens is 213 g/mol. The smallest absolute Gasteiger partial charge is 0.123 e. The zero-order chi connectivity index (χ0) is 12.5. The van der Waals surface area contributed by atoms with E-state index in [9.17, 15) is 4.39 Å². The molecule has 0 aliphatic heterocycles. The Kier molecular flexibility index (Phi) is 3.53. The highest BCUT2D eigenvalue weighted by molar-refractivity contribution is 5.17. The number of benzene rings is 1. The van der Waals surface area contributed by atoms with E-state index in [0.29, 0.717) is 11.5 Å². The van der Waals surface area contributed by atoms with E-state index in [1.165, 1.54) is 24.1 Å². The molecule has 1 aliphatic carbocycles. The van der Waals surface area contributed by atoms with Crippen LogP contribution in [0.25, 0.3) is 0 Å². The van der Waals surface area contributed by atoms with Crippen molar-refractivity contribution in [2.24, 2.45) is 11.3 Å². The first kappa shape index (κ1) is 12.6. The summed E-state index contributed by atoms with van der Waals surface area (Å²) < 4.78 is 12.8. The molecule has 2 unspecified atom stereocenters. The second-order valence-corrected chi connectivity index (χ2v) is 6.03. The van der Waals surface area contributed by atoms with Crippen LogP contribution >= 0.6 is 0 Å². The van der Waals surface area contributed by atoms with E-state index >= 15 is 0 Å². The van der Waals surface area contributed by atoms with Gasteiger partial charge in [-0.2, -0.15) is 0 Å². The Morgan fingerprint density at radius 1 is 1.35 bits per heavy atom. The van der Waals surface area contributed by atoms with Crippen LogP contribution in [0.15, 0.2) is 24.3 Å². The summed E-state index contributed by atoms with van der Waals surface area (Å²) >= 11 is 0. The molecule has 0 bridgehead atoms. The summed E-state index contributed by atoms with van der Waals surface area (Å²) in [6.45, 7) is 7.95. The van der Waals surface area contributed by atoms with Crippen molar-refractivity contribution in [3.63, 3.8) is 0 Å². The molecule has 0 amide bonds. The lowest BCUT2D eigenvalue weighted by molar-refractivity contribution is 0.474. The molecule has 1 aromatic rings. The first-order valence-corrected chi connectivity index (χ1v) is 6.45. The van der Waals surface area contributed by atoms with Gasteiger partial charge in [0.2, 0.25) is 0 Å². The maximum Gasteiger partial charge on any atom is 0.123 e. The summed E-state index contributed by atoms with van der Waals surface area (Å²) in [5.74, 6) is 0.673. The van der Waals surface area contributed by atoms with Crippen molar-refractivity contribution in [1.82, 2.24) is 5.32 Å². The van der Waals surface area contributed by atoms with Crippen molar-refractivity contribution >= 4 is 0 Å². The Balaban J connectivity index is 1.74. The third-order valence-electron chi connectivity index (χ3n) is 3.89. The first-order valence-electron chi connectivity index (χ1n) is 6.45. The molecule has 17 heavy (non-hydrogen) atoms. The third-order valence-corrected chi connectivity index (χ3v) is 3.89. The molecule has 2 heteroatoms. The van der Waals surface area contributed by atoms with Gasteiger partial charge in [-0.15, -0.1) is 0 Å². The zero-order valence-electron chi connectivity index (χ0n) is 11.0. The van der Waals surface area contributed by atoms with Gasteiger partial charge in [-0.1, -0.05) is 26.0 Å². The van der Waals surface area contributed by atoms with Gasteiger partial charge in [-0.3, -0.25) is 0 Å². The second kappa shape index (κ2) is 4.77. The van der Waals surface area contributed by atoms with Crippen LogP contribution < -0.4 is 5.32 Å². The minimum Gasteiger partial charge on any atom is -0.314 e. The van der Waals surface area contributed by atoms with Crippen molar-refractivity contribution in [2.45, 2.75) is 39.7 Å². The fourth-order valence-corrected chi connectivity index (χ4v) is 2.31. The van der Waals surface area contributed by atoms with E-state index in [0.717, 1.165) is 18.9 Å². The normalized spacial score (nSPS) is 23.4. The van der Waals surface area contributed by atoms with Crippen molar-refractivity contribution < 1.29 is 4.39 Å². The molecule has 1 aromatic carbocycles. The molecule has 0 saturated heterocycles. The van der Waals surface area contributed by atoms with Crippen LogP contribution in [0.2, 0.25) is 0 Å². The monoisotopic (exact) mass is 235 g/mol. The molecule has 1 nitrogen and oxygen atoms in total. The summed E-state index contributed by atoms with van der Waals surface area (Å²) in [5, 5.41) is 3.57. The number of hydrogen-bond donors (Lipinski definition) is 1. The van der Waals surface area contributed by atoms with Crippen LogP contribution in [0.1, 0.15) is 32.8 Å². The van der Waals surface area contributed by atoms with Gasteiger partial charge in [0.05, 0.1) is 0 Å². The topological polar surface area (TPSA) is 12.0 Å². The molecule has 2 rings (SSSR count). The Bertz CT molecular complexity index is 369. The summed E-state index contributed by atoms with van der Waals surface area (Å²) in [5.41, 5.74) is 1.74. The fraction of sp³-hybridized carbons (Fsp3) is 0.600. The van der Waals surface area contributed by atoms with Crippen LogP contribution in [-0.4, -0.2) is 12.6 Å². The van der Waals surface area contributed by atoms with Gasteiger partial charge in [-0.05, 0) is 55.3 Å². The molecule has 0 heterocycles. The van der Waals surface area contributed by atoms with Crippen LogP contribution in [0.4, 0.5) is 4.39 Å². The molecule has 1 N–H and O–H groups in total. The van der Waals surface area contributed by atoms with Gasteiger partial charge in [0.1, 0.15) is 5.82 Å². The van der Waals surface area contributed by atoms with E-state index in [4.69, 9.17) is 0 Å². The van der Waals surface area contributed by atoms with Gasteiger partial charge in [0.25, 0.3) is 0 Å². The highest BCUT2D eigenvalue weighted by Gasteiger charge is 2.44. The van der Waals surface area contributed by atoms with Crippen LogP contribution in [0, 0.1) is 17.2 Å². The van der Waals surface area contributed by atoms with Crippen LogP contribution in [0.3, 0.4) is 0 Å². The predicted molar refractivity (Wildman–Crippen MR) is 69.5 cm³/mol. The molecule has 1 fully saturated rings. The molecule has 1 saturated carbocycles. The molecule has 1 aliphatic rings. The number of halogens is 1. The van der Waals surface area contributed by atoms with E-state index in [2.05, 4.69) is 26.1 Å².